The summed E-state index contributed by atoms with van der Waals surface area (Å²) >= 11 is 0. The highest BCUT2D eigenvalue weighted by Gasteiger charge is 2.11. The summed E-state index contributed by atoms with van der Waals surface area (Å²) in [7, 11) is 0. The summed E-state index contributed by atoms with van der Waals surface area (Å²) in [4.78, 5) is 14.7. The monoisotopic (exact) mass is 210 g/mol. The van der Waals surface area contributed by atoms with E-state index in [1.54, 1.807) is 6.92 Å². The molecule has 6 heteroatoms. The van der Waals surface area contributed by atoms with Gasteiger partial charge in [-0.15, -0.1) is 5.10 Å². The third kappa shape index (κ3) is 3.16. The van der Waals surface area contributed by atoms with Crippen LogP contribution in [-0.2, 0) is 4.79 Å². The summed E-state index contributed by atoms with van der Waals surface area (Å²) in [5.74, 6) is -0.958. The lowest BCUT2D eigenvalue weighted by Gasteiger charge is -2.08. The smallest absolute Gasteiger partial charge is 0.308 e. The van der Waals surface area contributed by atoms with Crippen molar-refractivity contribution in [3.63, 3.8) is 0 Å². The second-order valence-electron chi connectivity index (χ2n) is 3.43. The number of nitrogens with zero attached hydrogens (tertiary/aromatic N) is 3. The number of carboxylic acid groups (broad SMARTS) is 1. The largest absolute Gasteiger partial charge is 0.481 e. The molecule has 1 atom stereocenters. The van der Waals surface area contributed by atoms with E-state index >= 15 is 0 Å². The Morgan fingerprint density at radius 3 is 2.60 bits per heavy atom. The number of hydrogen-bond donors (Lipinski definition) is 2. The molecular weight excluding hydrogens is 196 g/mol. The molecule has 1 rings (SSSR count). The Hall–Kier alpha value is -1.72. The number of aryl methyl sites for hydroxylation is 2. The van der Waals surface area contributed by atoms with Crippen molar-refractivity contribution in [3.8, 4) is 0 Å². The molecule has 0 radical (unpaired) electrons. The summed E-state index contributed by atoms with van der Waals surface area (Å²) in [6.45, 7) is 5.55. The van der Waals surface area contributed by atoms with E-state index in [9.17, 15) is 4.79 Å². The van der Waals surface area contributed by atoms with Crippen LogP contribution >= 0.6 is 0 Å². The molecule has 0 amide bonds. The molecular formula is C9H14N4O2. The van der Waals surface area contributed by atoms with Crippen LogP contribution in [0.15, 0.2) is 0 Å². The molecule has 82 valence electrons. The van der Waals surface area contributed by atoms with Gasteiger partial charge in [-0.3, -0.25) is 4.79 Å². The molecule has 0 bridgehead atoms. The van der Waals surface area contributed by atoms with Crippen LogP contribution in [-0.4, -0.2) is 32.8 Å². The lowest BCUT2D eigenvalue weighted by atomic mass is 10.2. The summed E-state index contributed by atoms with van der Waals surface area (Å²) < 4.78 is 0. The van der Waals surface area contributed by atoms with Crippen LogP contribution in [0, 0.1) is 19.8 Å². The number of hydrogen-bond acceptors (Lipinski definition) is 5. The third-order valence-corrected chi connectivity index (χ3v) is 2.08. The third-order valence-electron chi connectivity index (χ3n) is 2.08. The van der Waals surface area contributed by atoms with Crippen LogP contribution in [0.5, 0.6) is 0 Å². The van der Waals surface area contributed by atoms with Crippen molar-refractivity contribution >= 4 is 11.9 Å². The van der Waals surface area contributed by atoms with Gasteiger partial charge in [0.25, 0.3) is 0 Å². The number of anilines is 1. The first-order chi connectivity index (χ1) is 7.00. The summed E-state index contributed by atoms with van der Waals surface area (Å²) in [5, 5.41) is 19.2. The van der Waals surface area contributed by atoms with Gasteiger partial charge in [0.05, 0.1) is 17.3 Å². The Kier molecular flexibility index (Phi) is 3.54. The van der Waals surface area contributed by atoms with Crippen LogP contribution in [0.2, 0.25) is 0 Å². The van der Waals surface area contributed by atoms with E-state index in [0.717, 1.165) is 11.4 Å². The van der Waals surface area contributed by atoms with Gasteiger partial charge < -0.3 is 10.4 Å². The molecule has 0 saturated heterocycles. The molecule has 6 nitrogen and oxygen atoms in total. The van der Waals surface area contributed by atoms with Crippen LogP contribution < -0.4 is 5.32 Å². The normalized spacial score (nSPS) is 12.2. The molecule has 0 spiro atoms. The van der Waals surface area contributed by atoms with E-state index in [1.165, 1.54) is 0 Å². The van der Waals surface area contributed by atoms with E-state index in [2.05, 4.69) is 20.5 Å². The molecule has 15 heavy (non-hydrogen) atoms. The van der Waals surface area contributed by atoms with E-state index < -0.39 is 11.9 Å². The Balaban J connectivity index is 2.58. The molecule has 1 heterocycles. The highest BCUT2D eigenvalue weighted by Crippen LogP contribution is 2.03. The zero-order valence-corrected chi connectivity index (χ0v) is 8.98. The lowest BCUT2D eigenvalue weighted by molar-refractivity contribution is -0.140. The van der Waals surface area contributed by atoms with Gasteiger partial charge in [0, 0.05) is 6.54 Å². The lowest BCUT2D eigenvalue weighted by Crippen LogP contribution is -2.21. The number of carbonyl (C=O) groups is 1. The fourth-order valence-corrected chi connectivity index (χ4v) is 0.863. The highest BCUT2D eigenvalue weighted by atomic mass is 16.4. The number of rotatable bonds is 4. The number of carboxylic acids is 1. The van der Waals surface area contributed by atoms with Gasteiger partial charge in [0.2, 0.25) is 5.95 Å². The maximum absolute atomic E-state index is 10.5. The Bertz CT molecular complexity index is 367. The molecule has 0 aromatic carbocycles. The molecule has 0 fully saturated rings. The standard InChI is InChI=1S/C9H14N4O2/c1-5(8(14)15)4-10-9-11-6(2)7(3)12-13-9/h5H,4H2,1-3H3,(H,14,15)(H,10,11,13). The average Bonchev–Trinajstić information content (AvgIpc) is 2.19. The fourth-order valence-electron chi connectivity index (χ4n) is 0.863. The first-order valence-electron chi connectivity index (χ1n) is 4.65. The molecule has 1 aromatic rings. The van der Waals surface area contributed by atoms with E-state index in [-0.39, 0.29) is 0 Å². The zero-order valence-electron chi connectivity index (χ0n) is 8.98. The summed E-state index contributed by atoms with van der Waals surface area (Å²) in [5.41, 5.74) is 1.56. The molecule has 1 aromatic heterocycles. The summed E-state index contributed by atoms with van der Waals surface area (Å²) in [6.07, 6.45) is 0. The van der Waals surface area contributed by atoms with Crippen LogP contribution in [0.25, 0.3) is 0 Å². The first-order valence-corrected chi connectivity index (χ1v) is 4.65. The van der Waals surface area contributed by atoms with Crippen LogP contribution in [0.1, 0.15) is 18.3 Å². The predicted molar refractivity (Wildman–Crippen MR) is 54.6 cm³/mol. The van der Waals surface area contributed by atoms with E-state index in [0.29, 0.717) is 12.5 Å². The molecule has 0 aliphatic rings. The van der Waals surface area contributed by atoms with Crippen molar-refractivity contribution in [1.82, 2.24) is 15.2 Å². The van der Waals surface area contributed by atoms with Crippen molar-refractivity contribution in [2.24, 2.45) is 5.92 Å². The highest BCUT2D eigenvalue weighted by molar-refractivity contribution is 5.70. The maximum atomic E-state index is 10.5. The van der Waals surface area contributed by atoms with Crippen LogP contribution in [0.3, 0.4) is 0 Å². The van der Waals surface area contributed by atoms with Crippen LogP contribution in [0.4, 0.5) is 5.95 Å². The van der Waals surface area contributed by atoms with Gasteiger partial charge in [-0.1, -0.05) is 6.92 Å². The zero-order chi connectivity index (χ0) is 11.4. The van der Waals surface area contributed by atoms with Crippen molar-refractivity contribution in [2.45, 2.75) is 20.8 Å². The SMILES string of the molecule is Cc1nnc(NCC(C)C(=O)O)nc1C. The van der Waals surface area contributed by atoms with Gasteiger partial charge in [-0.25, -0.2) is 4.98 Å². The topological polar surface area (TPSA) is 88.0 Å². The molecule has 2 N–H and O–H groups in total. The van der Waals surface area contributed by atoms with Gasteiger partial charge in [0.15, 0.2) is 0 Å². The number of aromatic nitrogens is 3. The summed E-state index contributed by atoms with van der Waals surface area (Å²) in [6, 6.07) is 0. The van der Waals surface area contributed by atoms with E-state index in [4.69, 9.17) is 5.11 Å². The Morgan fingerprint density at radius 1 is 1.40 bits per heavy atom. The van der Waals surface area contributed by atoms with Gasteiger partial charge in [-0.2, -0.15) is 5.10 Å². The number of aliphatic carboxylic acids is 1. The minimum Gasteiger partial charge on any atom is -0.481 e. The Morgan fingerprint density at radius 2 is 2.07 bits per heavy atom. The second-order valence-corrected chi connectivity index (χ2v) is 3.43. The Labute approximate surface area is 87.8 Å². The maximum Gasteiger partial charge on any atom is 0.308 e. The minimum absolute atomic E-state index is 0.291. The first kappa shape index (κ1) is 11.4. The van der Waals surface area contributed by atoms with Crippen molar-refractivity contribution < 1.29 is 9.90 Å². The fraction of sp³-hybridized carbons (Fsp3) is 0.556. The molecule has 1 unspecified atom stereocenters. The quantitative estimate of drug-likeness (QED) is 0.757. The molecule has 0 saturated carbocycles. The molecule has 0 aliphatic heterocycles. The minimum atomic E-state index is -0.848. The van der Waals surface area contributed by atoms with Gasteiger partial charge in [0.1, 0.15) is 0 Å². The van der Waals surface area contributed by atoms with Gasteiger partial charge >= 0.3 is 5.97 Å². The average molecular weight is 210 g/mol. The van der Waals surface area contributed by atoms with Gasteiger partial charge in [-0.05, 0) is 13.8 Å². The molecule has 0 aliphatic carbocycles. The van der Waals surface area contributed by atoms with E-state index in [1.807, 2.05) is 13.8 Å². The second kappa shape index (κ2) is 4.68. The van der Waals surface area contributed by atoms with Crippen molar-refractivity contribution in [2.75, 3.05) is 11.9 Å². The number of nitrogens with one attached hydrogen (secondary N) is 1. The van der Waals surface area contributed by atoms with Crippen molar-refractivity contribution in [1.29, 1.82) is 0 Å². The predicted octanol–water partition coefficient (Wildman–Crippen LogP) is 0.621. The van der Waals surface area contributed by atoms with Crippen molar-refractivity contribution in [3.05, 3.63) is 11.4 Å².